The quantitative estimate of drug-likeness (QED) is 0.364. The van der Waals surface area contributed by atoms with Crippen LogP contribution in [0.2, 0.25) is 0 Å². The van der Waals surface area contributed by atoms with Gasteiger partial charge < -0.3 is 21.1 Å². The molecule has 1 aliphatic carbocycles. The van der Waals surface area contributed by atoms with E-state index in [1.807, 2.05) is 42.5 Å². The molecule has 0 saturated heterocycles. The number of nitrogens with two attached hydrogens (primary N) is 1. The van der Waals surface area contributed by atoms with E-state index in [4.69, 9.17) is 10.5 Å². The average molecular weight is 419 g/mol. The Kier molecular flexibility index (Phi) is 5.40. The summed E-state index contributed by atoms with van der Waals surface area (Å²) < 4.78 is 5.35. The fraction of sp³-hybridized carbons (Fsp3) is 0.182. The number of rotatable bonds is 7. The highest BCUT2D eigenvalue weighted by Crippen LogP contribution is 2.45. The molecule has 0 unspecified atom stereocenters. The first-order valence-electron chi connectivity index (χ1n) is 9.79. The van der Waals surface area contributed by atoms with E-state index in [1.54, 1.807) is 18.2 Å². The molecule has 4 N–H and O–H groups in total. The van der Waals surface area contributed by atoms with Crippen molar-refractivity contribution in [3.63, 3.8) is 0 Å². The van der Waals surface area contributed by atoms with Gasteiger partial charge in [0.2, 0.25) is 5.82 Å². The molecule has 0 atom stereocenters. The molecule has 0 radical (unpaired) electrons. The number of ether oxygens (including phenoxy) is 1. The van der Waals surface area contributed by atoms with Crippen LogP contribution >= 0.6 is 0 Å². The van der Waals surface area contributed by atoms with Crippen molar-refractivity contribution in [1.82, 2.24) is 4.98 Å². The molecule has 0 spiro atoms. The number of carbonyl (C=O) groups excluding carboxylic acids is 1. The number of benzene rings is 2. The first kappa shape index (κ1) is 20.1. The van der Waals surface area contributed by atoms with Crippen LogP contribution in [0.3, 0.4) is 0 Å². The Balaban J connectivity index is 1.57. The summed E-state index contributed by atoms with van der Waals surface area (Å²) in [5, 5.41) is 17.6. The lowest BCUT2D eigenvalue weighted by atomic mass is 9.75. The summed E-state index contributed by atoms with van der Waals surface area (Å²) in [6, 6.07) is 19.5. The topological polar surface area (TPSA) is 132 Å². The minimum atomic E-state index is -0.801. The molecule has 31 heavy (non-hydrogen) atoms. The number of nitrogens with zero attached hydrogens (tertiary/aromatic N) is 2. The largest absolute Gasteiger partial charge is 0.438 e. The van der Waals surface area contributed by atoms with Gasteiger partial charge in [-0.1, -0.05) is 30.3 Å². The van der Waals surface area contributed by atoms with E-state index >= 15 is 0 Å². The number of para-hydroxylation sites is 1. The molecule has 4 rings (SSSR count). The number of amides is 1. The number of primary amides is 1. The zero-order valence-electron chi connectivity index (χ0n) is 16.6. The molecule has 1 heterocycles. The second kappa shape index (κ2) is 8.31. The Morgan fingerprint density at radius 1 is 1.00 bits per heavy atom. The lowest BCUT2D eigenvalue weighted by molar-refractivity contribution is -0.384. The highest BCUT2D eigenvalue weighted by molar-refractivity contribution is 5.70. The van der Waals surface area contributed by atoms with Crippen LogP contribution in [0.1, 0.15) is 24.8 Å². The molecule has 1 fully saturated rings. The molecule has 2 aromatic carbocycles. The molecule has 1 saturated carbocycles. The van der Waals surface area contributed by atoms with Crippen LogP contribution in [0, 0.1) is 10.1 Å². The Labute approximate surface area is 178 Å². The van der Waals surface area contributed by atoms with Gasteiger partial charge in [0.05, 0.1) is 4.92 Å². The van der Waals surface area contributed by atoms with E-state index in [0.29, 0.717) is 24.3 Å². The fourth-order valence-electron chi connectivity index (χ4n) is 3.56. The molecule has 3 aromatic rings. The third-order valence-corrected chi connectivity index (χ3v) is 5.25. The molecular weight excluding hydrogens is 398 g/mol. The summed E-state index contributed by atoms with van der Waals surface area (Å²) >= 11 is 0. The highest BCUT2D eigenvalue weighted by Gasteiger charge is 2.42. The summed E-state index contributed by atoms with van der Waals surface area (Å²) in [6.07, 6.45) is 1.57. The van der Waals surface area contributed by atoms with Gasteiger partial charge in [0.1, 0.15) is 11.4 Å². The fourth-order valence-corrected chi connectivity index (χ4v) is 3.56. The second-order valence-corrected chi connectivity index (χ2v) is 7.28. The summed E-state index contributed by atoms with van der Waals surface area (Å²) in [5.74, 6) is 0.588. The third kappa shape index (κ3) is 4.40. The molecule has 0 aliphatic heterocycles. The van der Waals surface area contributed by atoms with Crippen molar-refractivity contribution in [2.45, 2.75) is 24.9 Å². The van der Waals surface area contributed by atoms with Crippen LogP contribution in [0.15, 0.2) is 66.7 Å². The first-order valence-corrected chi connectivity index (χ1v) is 9.79. The Bertz CT molecular complexity index is 1100. The van der Waals surface area contributed by atoms with Crippen molar-refractivity contribution in [1.29, 1.82) is 0 Å². The van der Waals surface area contributed by atoms with Crippen LogP contribution in [-0.2, 0) is 10.3 Å². The zero-order valence-corrected chi connectivity index (χ0v) is 16.6. The smallest absolute Gasteiger partial charge is 0.405 e. The highest BCUT2D eigenvalue weighted by atomic mass is 16.6. The lowest BCUT2D eigenvalue weighted by Gasteiger charge is -2.40. The molecule has 0 bridgehead atoms. The molecule has 1 amide bonds. The molecule has 9 nitrogen and oxygen atoms in total. The Morgan fingerprint density at radius 2 is 1.68 bits per heavy atom. The van der Waals surface area contributed by atoms with E-state index in [1.165, 1.54) is 6.07 Å². The van der Waals surface area contributed by atoms with E-state index in [9.17, 15) is 14.9 Å². The molecular formula is C22H21N5O4. The van der Waals surface area contributed by atoms with Crippen LogP contribution in [-0.4, -0.2) is 16.0 Å². The van der Waals surface area contributed by atoms with Gasteiger partial charge in [-0.05, 0) is 55.2 Å². The first-order chi connectivity index (χ1) is 14.9. The van der Waals surface area contributed by atoms with E-state index < -0.39 is 16.6 Å². The summed E-state index contributed by atoms with van der Waals surface area (Å²) in [7, 11) is 0. The number of pyridine rings is 1. The predicted molar refractivity (Wildman–Crippen MR) is 117 cm³/mol. The second-order valence-electron chi connectivity index (χ2n) is 7.28. The molecule has 158 valence electrons. The number of carbonyl (C=O) groups is 1. The van der Waals surface area contributed by atoms with Gasteiger partial charge >= 0.3 is 11.8 Å². The number of nitro groups is 1. The van der Waals surface area contributed by atoms with E-state index in [2.05, 4.69) is 15.6 Å². The predicted octanol–water partition coefficient (Wildman–Crippen LogP) is 4.95. The number of nitrogens with one attached hydrogen (secondary N) is 2. The standard InChI is InChI=1S/C22H21N5O4/c23-21(28)31-22(13-4-14-22)15-7-9-17(10-8-15)25-20-18(27(29)30)11-12-19(26-20)24-16-5-2-1-3-6-16/h1-3,5-12H,4,13-14H2,(H2,23,28)(H2,24,25,26). The molecule has 9 heteroatoms. The minimum absolute atomic E-state index is 0.116. The number of anilines is 4. The lowest BCUT2D eigenvalue weighted by Crippen LogP contribution is -2.40. The Hall–Kier alpha value is -4.14. The van der Waals surface area contributed by atoms with Gasteiger partial charge in [0.25, 0.3) is 0 Å². The normalized spacial score (nSPS) is 14.2. The third-order valence-electron chi connectivity index (χ3n) is 5.25. The van der Waals surface area contributed by atoms with Gasteiger partial charge in [-0.3, -0.25) is 10.1 Å². The van der Waals surface area contributed by atoms with Crippen molar-refractivity contribution in [2.24, 2.45) is 5.73 Å². The zero-order chi connectivity index (χ0) is 21.8. The average Bonchev–Trinajstić information content (AvgIpc) is 2.72. The maximum absolute atomic E-state index is 11.5. The molecule has 1 aliphatic rings. The van der Waals surface area contributed by atoms with Gasteiger partial charge in [-0.25, -0.2) is 9.78 Å². The van der Waals surface area contributed by atoms with Crippen LogP contribution < -0.4 is 16.4 Å². The van der Waals surface area contributed by atoms with Gasteiger partial charge in [0, 0.05) is 17.4 Å². The minimum Gasteiger partial charge on any atom is -0.438 e. The van der Waals surface area contributed by atoms with Crippen molar-refractivity contribution in [2.75, 3.05) is 10.6 Å². The van der Waals surface area contributed by atoms with Crippen LogP contribution in [0.25, 0.3) is 0 Å². The molecule has 1 aromatic heterocycles. The summed E-state index contributed by atoms with van der Waals surface area (Å²) in [5.41, 5.74) is 6.66. The SMILES string of the molecule is NC(=O)OC1(c2ccc(Nc3nc(Nc4ccccc4)ccc3[N+](=O)[O-])cc2)CCC1. The van der Waals surface area contributed by atoms with Crippen molar-refractivity contribution < 1.29 is 14.5 Å². The maximum atomic E-state index is 11.5. The summed E-state index contributed by atoms with van der Waals surface area (Å²) in [6.45, 7) is 0. The van der Waals surface area contributed by atoms with Gasteiger partial charge in [0.15, 0.2) is 0 Å². The maximum Gasteiger partial charge on any atom is 0.405 e. The van der Waals surface area contributed by atoms with E-state index in [-0.39, 0.29) is 11.5 Å². The van der Waals surface area contributed by atoms with Gasteiger partial charge in [-0.15, -0.1) is 0 Å². The van der Waals surface area contributed by atoms with Crippen LogP contribution in [0.4, 0.5) is 33.5 Å². The monoisotopic (exact) mass is 419 g/mol. The number of hydrogen-bond donors (Lipinski definition) is 3. The summed E-state index contributed by atoms with van der Waals surface area (Å²) in [4.78, 5) is 26.6. The number of hydrogen-bond acceptors (Lipinski definition) is 7. The van der Waals surface area contributed by atoms with Crippen LogP contribution in [0.5, 0.6) is 0 Å². The van der Waals surface area contributed by atoms with Crippen molar-refractivity contribution in [3.8, 4) is 0 Å². The Morgan fingerprint density at radius 3 is 2.26 bits per heavy atom. The van der Waals surface area contributed by atoms with Crippen molar-refractivity contribution in [3.05, 3.63) is 82.4 Å². The van der Waals surface area contributed by atoms with Gasteiger partial charge in [-0.2, -0.15) is 0 Å². The number of aromatic nitrogens is 1. The van der Waals surface area contributed by atoms with E-state index in [0.717, 1.165) is 17.7 Å². The van der Waals surface area contributed by atoms with Crippen molar-refractivity contribution >= 4 is 34.8 Å².